The maximum absolute atomic E-state index is 12.4. The van der Waals surface area contributed by atoms with Crippen molar-refractivity contribution in [1.82, 2.24) is 20.0 Å². The quantitative estimate of drug-likeness (QED) is 0.809. The zero-order valence-corrected chi connectivity index (χ0v) is 16.1. The zero-order chi connectivity index (χ0) is 18.5. The first kappa shape index (κ1) is 19.1. The fourth-order valence-electron chi connectivity index (χ4n) is 4.06. The summed E-state index contributed by atoms with van der Waals surface area (Å²) in [5.74, 6) is 0. The molecule has 144 valence electrons. The highest BCUT2D eigenvalue weighted by Gasteiger charge is 2.21. The van der Waals surface area contributed by atoms with Gasteiger partial charge in [0.25, 0.3) is 0 Å². The van der Waals surface area contributed by atoms with Crippen molar-refractivity contribution in [1.29, 1.82) is 0 Å². The number of piperidine rings is 1. The second kappa shape index (κ2) is 8.84. The van der Waals surface area contributed by atoms with Crippen molar-refractivity contribution in [3.8, 4) is 0 Å². The summed E-state index contributed by atoms with van der Waals surface area (Å²) in [6, 6.07) is 6.75. The molecule has 0 spiro atoms. The van der Waals surface area contributed by atoms with Crippen LogP contribution in [0.3, 0.4) is 0 Å². The van der Waals surface area contributed by atoms with Gasteiger partial charge in [-0.25, -0.2) is 4.79 Å². The SMILES string of the molecule is CN1Cc2ccc(CN(C)C(=O)NCCN3CCCCC3CO)cc2C1. The average molecular weight is 361 g/mol. The molecule has 2 aliphatic heterocycles. The van der Waals surface area contributed by atoms with Crippen LogP contribution in [0.5, 0.6) is 0 Å². The highest BCUT2D eigenvalue weighted by molar-refractivity contribution is 5.73. The van der Waals surface area contributed by atoms with Gasteiger partial charge in [-0.15, -0.1) is 0 Å². The Morgan fingerprint density at radius 1 is 1.31 bits per heavy atom. The lowest BCUT2D eigenvalue weighted by Crippen LogP contribution is -2.47. The van der Waals surface area contributed by atoms with Gasteiger partial charge in [0, 0.05) is 45.8 Å². The summed E-state index contributed by atoms with van der Waals surface area (Å²) in [7, 11) is 3.97. The first-order valence-corrected chi connectivity index (χ1v) is 9.70. The monoisotopic (exact) mass is 360 g/mol. The number of benzene rings is 1. The molecular formula is C20H32N4O2. The number of nitrogens with one attached hydrogen (secondary N) is 1. The Morgan fingerprint density at radius 2 is 2.12 bits per heavy atom. The van der Waals surface area contributed by atoms with E-state index in [1.165, 1.54) is 29.5 Å². The molecule has 0 aromatic heterocycles. The highest BCUT2D eigenvalue weighted by atomic mass is 16.3. The Hall–Kier alpha value is -1.63. The van der Waals surface area contributed by atoms with E-state index in [1.807, 2.05) is 7.05 Å². The molecule has 3 rings (SSSR count). The number of hydrogen-bond acceptors (Lipinski definition) is 4. The zero-order valence-electron chi connectivity index (χ0n) is 16.1. The molecular weight excluding hydrogens is 328 g/mol. The van der Waals surface area contributed by atoms with Crippen LogP contribution in [-0.4, -0.2) is 72.2 Å². The summed E-state index contributed by atoms with van der Waals surface area (Å²) >= 11 is 0. The molecule has 6 heteroatoms. The minimum atomic E-state index is -0.0415. The fraction of sp³-hybridized carbons (Fsp3) is 0.650. The predicted octanol–water partition coefficient (Wildman–Crippen LogP) is 1.62. The van der Waals surface area contributed by atoms with Crippen molar-refractivity contribution < 1.29 is 9.90 Å². The van der Waals surface area contributed by atoms with Crippen LogP contribution >= 0.6 is 0 Å². The summed E-state index contributed by atoms with van der Waals surface area (Å²) in [6.07, 6.45) is 3.42. The molecule has 1 saturated heterocycles. The number of urea groups is 1. The Balaban J connectivity index is 1.44. The number of carbonyl (C=O) groups excluding carboxylic acids is 1. The van der Waals surface area contributed by atoms with E-state index in [-0.39, 0.29) is 18.7 Å². The number of amides is 2. The maximum Gasteiger partial charge on any atom is 0.317 e. The average Bonchev–Trinajstić information content (AvgIpc) is 3.01. The van der Waals surface area contributed by atoms with Gasteiger partial charge in [0.1, 0.15) is 0 Å². The Labute approximate surface area is 156 Å². The molecule has 0 radical (unpaired) electrons. The Kier molecular flexibility index (Phi) is 6.51. The largest absolute Gasteiger partial charge is 0.395 e. The predicted molar refractivity (Wildman–Crippen MR) is 103 cm³/mol. The van der Waals surface area contributed by atoms with Crippen LogP contribution in [-0.2, 0) is 19.6 Å². The second-order valence-electron chi connectivity index (χ2n) is 7.73. The number of fused-ring (bicyclic) bond motifs is 1. The van der Waals surface area contributed by atoms with Gasteiger partial charge in [0.15, 0.2) is 0 Å². The molecule has 6 nitrogen and oxygen atoms in total. The fourth-order valence-corrected chi connectivity index (χ4v) is 4.06. The normalized spacial score (nSPS) is 20.8. The van der Waals surface area contributed by atoms with Crippen LogP contribution in [0.4, 0.5) is 4.79 Å². The van der Waals surface area contributed by atoms with Crippen LogP contribution in [0.1, 0.15) is 36.0 Å². The summed E-state index contributed by atoms with van der Waals surface area (Å²) in [6.45, 7) is 5.26. The molecule has 1 aromatic carbocycles. The number of carbonyl (C=O) groups is 1. The number of aliphatic hydroxyl groups is 1. The topological polar surface area (TPSA) is 59.0 Å². The van der Waals surface area contributed by atoms with Gasteiger partial charge in [0.2, 0.25) is 0 Å². The van der Waals surface area contributed by atoms with E-state index < -0.39 is 0 Å². The highest BCUT2D eigenvalue weighted by Crippen LogP contribution is 2.22. The van der Waals surface area contributed by atoms with Crippen molar-refractivity contribution in [2.45, 2.75) is 44.9 Å². The van der Waals surface area contributed by atoms with Gasteiger partial charge in [0.05, 0.1) is 6.61 Å². The Bertz CT molecular complexity index is 622. The molecule has 1 unspecified atom stereocenters. The standard InChI is InChI=1S/C20H32N4O2/c1-22-13-17-7-6-16(11-18(17)14-22)12-23(2)20(26)21-8-10-24-9-4-3-5-19(24)15-25/h6-7,11,19,25H,3-5,8-10,12-15H2,1-2H3,(H,21,26). The van der Waals surface area contributed by atoms with Crippen molar-refractivity contribution >= 4 is 6.03 Å². The number of nitrogens with zero attached hydrogens (tertiary/aromatic N) is 3. The van der Waals surface area contributed by atoms with Gasteiger partial charge >= 0.3 is 6.03 Å². The van der Waals surface area contributed by atoms with Crippen LogP contribution in [0.15, 0.2) is 18.2 Å². The van der Waals surface area contributed by atoms with Crippen LogP contribution in [0, 0.1) is 0 Å². The third-order valence-corrected chi connectivity index (χ3v) is 5.55. The molecule has 0 bridgehead atoms. The van der Waals surface area contributed by atoms with E-state index in [0.717, 1.165) is 32.6 Å². The van der Waals surface area contributed by atoms with Crippen LogP contribution in [0.2, 0.25) is 0 Å². The lowest BCUT2D eigenvalue weighted by molar-refractivity contribution is 0.0911. The maximum atomic E-state index is 12.4. The van der Waals surface area contributed by atoms with Crippen molar-refractivity contribution in [2.24, 2.45) is 0 Å². The minimum Gasteiger partial charge on any atom is -0.395 e. The lowest BCUT2D eigenvalue weighted by atomic mass is 10.0. The molecule has 1 fully saturated rings. The number of rotatable bonds is 6. The van der Waals surface area contributed by atoms with Gasteiger partial charge in [-0.3, -0.25) is 9.80 Å². The molecule has 0 aliphatic carbocycles. The molecule has 2 amide bonds. The number of aliphatic hydroxyl groups excluding tert-OH is 1. The van der Waals surface area contributed by atoms with E-state index in [1.54, 1.807) is 4.90 Å². The summed E-state index contributed by atoms with van der Waals surface area (Å²) in [5.41, 5.74) is 3.94. The van der Waals surface area contributed by atoms with Gasteiger partial charge < -0.3 is 15.3 Å². The molecule has 26 heavy (non-hydrogen) atoms. The minimum absolute atomic E-state index is 0.0415. The van der Waals surface area contributed by atoms with Crippen molar-refractivity contribution in [3.63, 3.8) is 0 Å². The summed E-state index contributed by atoms with van der Waals surface area (Å²) < 4.78 is 0. The van der Waals surface area contributed by atoms with Crippen LogP contribution in [0.25, 0.3) is 0 Å². The number of likely N-dealkylation sites (tertiary alicyclic amines) is 1. The number of hydrogen-bond donors (Lipinski definition) is 2. The summed E-state index contributed by atoms with van der Waals surface area (Å²) in [4.78, 5) is 18.7. The molecule has 0 saturated carbocycles. The third kappa shape index (κ3) is 4.75. The molecule has 1 aromatic rings. The molecule has 2 heterocycles. The molecule has 2 aliphatic rings. The second-order valence-corrected chi connectivity index (χ2v) is 7.73. The first-order chi connectivity index (χ1) is 12.6. The lowest BCUT2D eigenvalue weighted by Gasteiger charge is -2.34. The van der Waals surface area contributed by atoms with E-state index in [9.17, 15) is 9.90 Å². The van der Waals surface area contributed by atoms with Gasteiger partial charge in [-0.2, -0.15) is 0 Å². The van der Waals surface area contributed by atoms with Gasteiger partial charge in [-0.1, -0.05) is 24.6 Å². The van der Waals surface area contributed by atoms with E-state index in [4.69, 9.17) is 0 Å². The third-order valence-electron chi connectivity index (χ3n) is 5.55. The van der Waals surface area contributed by atoms with Gasteiger partial charge in [-0.05, 0) is 43.1 Å². The molecule has 1 atom stereocenters. The van der Waals surface area contributed by atoms with E-state index >= 15 is 0 Å². The Morgan fingerprint density at radius 3 is 2.92 bits per heavy atom. The van der Waals surface area contributed by atoms with Crippen LogP contribution < -0.4 is 5.32 Å². The van der Waals surface area contributed by atoms with E-state index in [0.29, 0.717) is 13.1 Å². The summed E-state index contributed by atoms with van der Waals surface area (Å²) in [5, 5.41) is 12.5. The molecule has 2 N–H and O–H groups in total. The smallest absolute Gasteiger partial charge is 0.317 e. The van der Waals surface area contributed by atoms with Crippen molar-refractivity contribution in [3.05, 3.63) is 34.9 Å². The first-order valence-electron chi connectivity index (χ1n) is 9.70. The van der Waals surface area contributed by atoms with Crippen molar-refractivity contribution in [2.75, 3.05) is 40.3 Å². The van der Waals surface area contributed by atoms with E-state index in [2.05, 4.69) is 40.4 Å².